The lowest BCUT2D eigenvalue weighted by molar-refractivity contribution is -0.136. The van der Waals surface area contributed by atoms with Crippen LogP contribution in [0.1, 0.15) is 24.4 Å². The second-order valence-electron chi connectivity index (χ2n) is 6.62. The third-order valence-electron chi connectivity index (χ3n) is 4.80. The summed E-state index contributed by atoms with van der Waals surface area (Å²) in [5, 5.41) is 17.3. The zero-order valence-corrected chi connectivity index (χ0v) is 15.1. The number of carbonyl (C=O) groups excluding carboxylic acids is 1. The van der Waals surface area contributed by atoms with Crippen LogP contribution in [-0.2, 0) is 4.79 Å². The van der Waals surface area contributed by atoms with Gasteiger partial charge in [-0.25, -0.2) is 4.98 Å². The van der Waals surface area contributed by atoms with Crippen molar-refractivity contribution in [1.29, 1.82) is 0 Å². The molecular formula is C18H18ClN5O3. The van der Waals surface area contributed by atoms with Gasteiger partial charge in [-0.1, -0.05) is 23.7 Å². The van der Waals surface area contributed by atoms with E-state index in [4.69, 9.17) is 11.6 Å². The second kappa shape index (κ2) is 7.13. The van der Waals surface area contributed by atoms with E-state index < -0.39 is 12.1 Å². The molecule has 8 nitrogen and oxygen atoms in total. The molecule has 3 aromatic rings. The molecule has 9 heteroatoms. The van der Waals surface area contributed by atoms with Gasteiger partial charge in [0.1, 0.15) is 17.8 Å². The van der Waals surface area contributed by atoms with Gasteiger partial charge in [-0.05, 0) is 30.5 Å². The molecule has 0 bridgehead atoms. The van der Waals surface area contributed by atoms with E-state index in [9.17, 15) is 14.7 Å². The van der Waals surface area contributed by atoms with Crippen molar-refractivity contribution in [2.75, 3.05) is 13.1 Å². The maximum Gasteiger partial charge on any atom is 0.265 e. The van der Waals surface area contributed by atoms with Crippen LogP contribution in [0.4, 0.5) is 0 Å². The summed E-state index contributed by atoms with van der Waals surface area (Å²) >= 11 is 5.98. The third-order valence-corrected chi connectivity index (χ3v) is 5.05. The number of likely N-dealkylation sites (tertiary alicyclic amines) is 1. The third kappa shape index (κ3) is 3.33. The second-order valence-corrected chi connectivity index (χ2v) is 7.06. The van der Waals surface area contributed by atoms with E-state index in [0.29, 0.717) is 41.0 Å². The van der Waals surface area contributed by atoms with Crippen molar-refractivity contribution < 1.29 is 9.90 Å². The first kappa shape index (κ1) is 17.7. The molecule has 1 fully saturated rings. The minimum absolute atomic E-state index is 0.249. The van der Waals surface area contributed by atoms with E-state index in [2.05, 4.69) is 15.2 Å². The minimum Gasteiger partial charge on any atom is -0.391 e. The summed E-state index contributed by atoms with van der Waals surface area (Å²) in [6.45, 7) is 0.787. The average molecular weight is 388 g/mol. The molecule has 0 radical (unpaired) electrons. The van der Waals surface area contributed by atoms with Crippen molar-refractivity contribution in [3.05, 3.63) is 57.7 Å². The molecule has 2 N–H and O–H groups in total. The van der Waals surface area contributed by atoms with Crippen molar-refractivity contribution >= 4 is 28.5 Å². The van der Waals surface area contributed by atoms with Crippen molar-refractivity contribution in [1.82, 2.24) is 24.6 Å². The SMILES string of the molecule is O=C(C(c1ccc(Cl)cc1)n1cnc2[nH]ncc2c1=O)N1CCCC(O)C1. The Hall–Kier alpha value is -2.71. The Morgan fingerprint density at radius 3 is 2.85 bits per heavy atom. The Morgan fingerprint density at radius 2 is 2.11 bits per heavy atom. The predicted molar refractivity (Wildman–Crippen MR) is 99.6 cm³/mol. The summed E-state index contributed by atoms with van der Waals surface area (Å²) in [4.78, 5) is 32.1. The van der Waals surface area contributed by atoms with Gasteiger partial charge >= 0.3 is 0 Å². The monoisotopic (exact) mass is 387 g/mol. The molecule has 2 atom stereocenters. The fraction of sp³-hybridized carbons (Fsp3) is 0.333. The molecule has 27 heavy (non-hydrogen) atoms. The van der Waals surface area contributed by atoms with E-state index in [1.165, 1.54) is 17.1 Å². The lowest BCUT2D eigenvalue weighted by Gasteiger charge is -2.33. The first-order valence-corrected chi connectivity index (χ1v) is 9.05. The number of aromatic nitrogens is 4. The number of amides is 1. The van der Waals surface area contributed by atoms with Gasteiger partial charge in [-0.2, -0.15) is 5.10 Å². The number of nitrogens with one attached hydrogen (secondary N) is 1. The Kier molecular flexibility index (Phi) is 4.67. The number of aliphatic hydroxyl groups is 1. The molecule has 4 rings (SSSR count). The van der Waals surface area contributed by atoms with E-state index in [1.54, 1.807) is 29.2 Å². The molecule has 2 aromatic heterocycles. The van der Waals surface area contributed by atoms with Gasteiger partial charge in [-0.3, -0.25) is 19.3 Å². The average Bonchev–Trinajstić information content (AvgIpc) is 3.15. The van der Waals surface area contributed by atoms with E-state index >= 15 is 0 Å². The van der Waals surface area contributed by atoms with Gasteiger partial charge in [-0.15, -0.1) is 0 Å². The maximum atomic E-state index is 13.3. The number of aromatic amines is 1. The summed E-state index contributed by atoms with van der Waals surface area (Å²) in [6, 6.07) is 5.90. The van der Waals surface area contributed by atoms with E-state index in [0.717, 1.165) is 0 Å². The smallest absolute Gasteiger partial charge is 0.265 e. The van der Waals surface area contributed by atoms with Crippen LogP contribution in [0.25, 0.3) is 11.0 Å². The zero-order chi connectivity index (χ0) is 19.0. The lowest BCUT2D eigenvalue weighted by atomic mass is 10.0. The Balaban J connectivity index is 1.82. The molecular weight excluding hydrogens is 370 g/mol. The predicted octanol–water partition coefficient (Wildman–Crippen LogP) is 1.35. The van der Waals surface area contributed by atoms with E-state index in [1.807, 2.05) is 0 Å². The lowest BCUT2D eigenvalue weighted by Crippen LogP contribution is -2.47. The van der Waals surface area contributed by atoms with Crippen LogP contribution >= 0.6 is 11.6 Å². The minimum atomic E-state index is -0.896. The number of carbonyl (C=O) groups is 1. The molecule has 1 amide bonds. The molecule has 0 spiro atoms. The Labute approximate surface area is 159 Å². The zero-order valence-electron chi connectivity index (χ0n) is 14.4. The number of hydrogen-bond donors (Lipinski definition) is 2. The number of rotatable bonds is 3. The van der Waals surface area contributed by atoms with E-state index in [-0.39, 0.29) is 18.0 Å². The van der Waals surface area contributed by atoms with Gasteiger partial charge in [0.2, 0.25) is 0 Å². The van der Waals surface area contributed by atoms with Gasteiger partial charge in [0, 0.05) is 18.1 Å². The van der Waals surface area contributed by atoms with Crippen LogP contribution in [0.15, 0.2) is 41.6 Å². The Morgan fingerprint density at radius 1 is 1.33 bits per heavy atom. The summed E-state index contributed by atoms with van der Waals surface area (Å²) in [7, 11) is 0. The molecule has 1 aromatic carbocycles. The van der Waals surface area contributed by atoms with Gasteiger partial charge < -0.3 is 10.0 Å². The first-order valence-electron chi connectivity index (χ1n) is 8.67. The van der Waals surface area contributed by atoms with Crippen LogP contribution < -0.4 is 5.56 Å². The van der Waals surface area contributed by atoms with Crippen molar-refractivity contribution in [3.63, 3.8) is 0 Å². The number of piperidine rings is 1. The highest BCUT2D eigenvalue weighted by molar-refractivity contribution is 6.30. The van der Waals surface area contributed by atoms with Crippen molar-refractivity contribution in [3.8, 4) is 0 Å². The number of β-amino-alcohol motifs (C(OH)–C–C–N with tert-alkyl or cyclic N) is 1. The van der Waals surface area contributed by atoms with Gasteiger partial charge in [0.15, 0.2) is 5.65 Å². The van der Waals surface area contributed by atoms with Gasteiger partial charge in [0.25, 0.3) is 11.5 Å². The molecule has 1 saturated heterocycles. The molecule has 1 aliphatic heterocycles. The highest BCUT2D eigenvalue weighted by Gasteiger charge is 2.31. The van der Waals surface area contributed by atoms with Crippen LogP contribution in [0.3, 0.4) is 0 Å². The summed E-state index contributed by atoms with van der Waals surface area (Å²) < 4.78 is 1.31. The number of H-pyrrole nitrogens is 1. The number of nitrogens with zero attached hydrogens (tertiary/aromatic N) is 4. The quantitative estimate of drug-likeness (QED) is 0.705. The largest absolute Gasteiger partial charge is 0.391 e. The summed E-state index contributed by atoms with van der Waals surface area (Å²) in [5.41, 5.74) is 0.628. The van der Waals surface area contributed by atoms with Crippen molar-refractivity contribution in [2.45, 2.75) is 25.0 Å². The number of hydrogen-bond acceptors (Lipinski definition) is 5. The van der Waals surface area contributed by atoms with Gasteiger partial charge in [0.05, 0.1) is 12.3 Å². The first-order chi connectivity index (χ1) is 13.0. The topological polar surface area (TPSA) is 104 Å². The molecule has 2 unspecified atom stereocenters. The van der Waals surface area contributed by atoms with Crippen molar-refractivity contribution in [2.24, 2.45) is 0 Å². The summed E-state index contributed by atoms with van der Waals surface area (Å²) in [5.74, 6) is -0.261. The molecule has 3 heterocycles. The standard InChI is InChI=1S/C18H18ClN5O3/c19-12-5-3-11(4-6-12)15(18(27)23-7-1-2-13(25)9-23)24-10-20-16-14(17(24)26)8-21-22-16/h3-6,8,10,13,15,25H,1-2,7,9H2,(H,21,22). The van der Waals surface area contributed by atoms with Crippen LogP contribution in [0.5, 0.6) is 0 Å². The maximum absolute atomic E-state index is 13.3. The summed E-state index contributed by atoms with van der Waals surface area (Å²) in [6.07, 6.45) is 3.57. The number of fused-ring (bicyclic) bond motifs is 1. The van der Waals surface area contributed by atoms with Crippen LogP contribution in [-0.4, -0.2) is 54.9 Å². The highest BCUT2D eigenvalue weighted by atomic mass is 35.5. The highest BCUT2D eigenvalue weighted by Crippen LogP contribution is 2.24. The molecule has 0 saturated carbocycles. The fourth-order valence-corrected chi connectivity index (χ4v) is 3.55. The molecule has 0 aliphatic carbocycles. The van der Waals surface area contributed by atoms with Crippen LogP contribution in [0.2, 0.25) is 5.02 Å². The number of benzene rings is 1. The molecule has 1 aliphatic rings. The van der Waals surface area contributed by atoms with Crippen LogP contribution in [0, 0.1) is 0 Å². The normalized spacial score (nSPS) is 18.6. The Bertz CT molecular complexity index is 1030. The number of halogens is 1. The number of aliphatic hydroxyl groups excluding tert-OH is 1. The molecule has 140 valence electrons. The fourth-order valence-electron chi connectivity index (χ4n) is 3.42.